The molecule has 0 aliphatic carbocycles. The Balaban J connectivity index is 1.56. The van der Waals surface area contributed by atoms with E-state index in [1.165, 1.54) is 18.2 Å². The number of imide groups is 1. The second-order valence-corrected chi connectivity index (χ2v) is 10.3. The zero-order valence-electron chi connectivity index (χ0n) is 16.5. The number of benzene rings is 3. The summed E-state index contributed by atoms with van der Waals surface area (Å²) in [7, 11) is 0. The Morgan fingerprint density at radius 3 is 2.36 bits per heavy atom. The quantitative estimate of drug-likeness (QED) is 0.265. The number of anilines is 1. The lowest BCUT2D eigenvalue weighted by Crippen LogP contribution is -2.27. The first kappa shape index (κ1) is 24.3. The zero-order valence-corrected chi connectivity index (χ0v) is 22.0. The second kappa shape index (κ2) is 10.2. The van der Waals surface area contributed by atoms with Gasteiger partial charge < -0.3 is 4.74 Å². The van der Waals surface area contributed by atoms with Crippen LogP contribution in [0.2, 0.25) is 10.0 Å². The van der Waals surface area contributed by atoms with Gasteiger partial charge in [0.15, 0.2) is 0 Å². The van der Waals surface area contributed by atoms with E-state index in [1.807, 2.05) is 0 Å². The lowest BCUT2D eigenvalue weighted by molar-refractivity contribution is -0.113. The molecule has 1 aliphatic rings. The smallest absolute Gasteiger partial charge is 0.298 e. The largest absolute Gasteiger partial charge is 0.486 e. The molecule has 0 saturated carbocycles. The van der Waals surface area contributed by atoms with E-state index >= 15 is 0 Å². The first-order valence-corrected chi connectivity index (χ1v) is 12.5. The second-order valence-electron chi connectivity index (χ2n) is 6.81. The first-order chi connectivity index (χ1) is 15.7. The number of halogens is 5. The first-order valence-electron chi connectivity index (χ1n) is 9.33. The average molecular weight is 632 g/mol. The molecule has 4 rings (SSSR count). The van der Waals surface area contributed by atoms with Crippen molar-refractivity contribution in [2.75, 3.05) is 4.90 Å². The van der Waals surface area contributed by atoms with Crippen LogP contribution in [0.1, 0.15) is 11.1 Å². The van der Waals surface area contributed by atoms with E-state index in [4.69, 9.17) is 27.9 Å². The number of hydrogen-bond acceptors (Lipinski definition) is 4. The zero-order chi connectivity index (χ0) is 23.7. The third kappa shape index (κ3) is 5.30. The summed E-state index contributed by atoms with van der Waals surface area (Å²) in [5.74, 6) is -0.325. The molecule has 1 fully saturated rings. The predicted octanol–water partition coefficient (Wildman–Crippen LogP) is 8.48. The predicted molar refractivity (Wildman–Crippen MR) is 137 cm³/mol. The van der Waals surface area contributed by atoms with E-state index in [2.05, 4.69) is 31.9 Å². The minimum Gasteiger partial charge on any atom is -0.486 e. The number of ether oxygens (including phenoxy) is 1. The normalized spacial score (nSPS) is 14.9. The molecule has 4 nitrogen and oxygen atoms in total. The van der Waals surface area contributed by atoms with Gasteiger partial charge in [-0.3, -0.25) is 9.59 Å². The number of amides is 2. The van der Waals surface area contributed by atoms with Crippen LogP contribution in [-0.4, -0.2) is 11.1 Å². The molecule has 0 spiro atoms. The van der Waals surface area contributed by atoms with Gasteiger partial charge in [-0.2, -0.15) is 0 Å². The minimum absolute atomic E-state index is 0.0474. The summed E-state index contributed by atoms with van der Waals surface area (Å²) >= 11 is 19.7. The van der Waals surface area contributed by atoms with E-state index < -0.39 is 11.1 Å². The lowest BCUT2D eigenvalue weighted by atomic mass is 10.2. The molecule has 0 aromatic heterocycles. The maximum atomic E-state index is 13.9. The molecule has 1 heterocycles. The Bertz CT molecular complexity index is 1300. The van der Waals surface area contributed by atoms with Gasteiger partial charge in [-0.1, -0.05) is 41.4 Å². The molecule has 0 N–H and O–H groups in total. The third-order valence-corrected chi connectivity index (χ3v) is 7.39. The SMILES string of the molecule is O=C1S/C(=C/c2cc(Br)c(OCc3ccccc3F)c(Br)c2)C(=O)N1c1ccc(Cl)c(Cl)c1. The topological polar surface area (TPSA) is 46.6 Å². The van der Waals surface area contributed by atoms with Gasteiger partial charge in [0.2, 0.25) is 0 Å². The molecular weight excluding hydrogens is 620 g/mol. The Kier molecular flexibility index (Phi) is 7.50. The maximum absolute atomic E-state index is 13.9. The van der Waals surface area contributed by atoms with Crippen LogP contribution in [0, 0.1) is 5.82 Å². The number of carbonyl (C=O) groups is 2. The molecule has 3 aromatic rings. The van der Waals surface area contributed by atoms with Gasteiger partial charge >= 0.3 is 0 Å². The van der Waals surface area contributed by atoms with Gasteiger partial charge in [0.05, 0.1) is 29.6 Å². The maximum Gasteiger partial charge on any atom is 0.298 e. The van der Waals surface area contributed by atoms with Crippen LogP contribution < -0.4 is 9.64 Å². The summed E-state index contributed by atoms with van der Waals surface area (Å²) in [4.78, 5) is 26.7. The summed E-state index contributed by atoms with van der Waals surface area (Å²) < 4.78 is 20.8. The average Bonchev–Trinajstić information content (AvgIpc) is 3.03. The van der Waals surface area contributed by atoms with Crippen molar-refractivity contribution in [2.45, 2.75) is 6.61 Å². The summed E-state index contributed by atoms with van der Waals surface area (Å²) in [6.07, 6.45) is 1.61. The fraction of sp³-hybridized carbons (Fsp3) is 0.0435. The standard InChI is InChI=1S/C23H12Br2Cl2FNO3S/c24-15-7-12(8-16(25)21(15)32-11-13-3-1-2-4-19(13)28)9-20-22(30)29(23(31)33-20)14-5-6-17(26)18(27)10-14/h1-10H,11H2/b20-9+. The number of hydrogen-bond donors (Lipinski definition) is 0. The molecule has 33 heavy (non-hydrogen) atoms. The van der Waals surface area contributed by atoms with Gasteiger partial charge in [-0.05, 0) is 91.7 Å². The van der Waals surface area contributed by atoms with Crippen molar-refractivity contribution < 1.29 is 18.7 Å². The summed E-state index contributed by atoms with van der Waals surface area (Å²) in [6, 6.07) is 14.4. The van der Waals surface area contributed by atoms with Crippen molar-refractivity contribution in [3.05, 3.63) is 95.4 Å². The molecule has 0 bridgehead atoms. The molecule has 2 amide bonds. The van der Waals surface area contributed by atoms with E-state index in [-0.39, 0.29) is 22.4 Å². The summed E-state index contributed by atoms with van der Waals surface area (Å²) in [6.45, 7) is 0.0474. The fourth-order valence-corrected chi connectivity index (χ4v) is 5.62. The van der Waals surface area contributed by atoms with E-state index in [9.17, 15) is 14.0 Å². The van der Waals surface area contributed by atoms with Crippen LogP contribution in [0.5, 0.6) is 5.75 Å². The van der Waals surface area contributed by atoms with Crippen molar-refractivity contribution in [1.82, 2.24) is 0 Å². The van der Waals surface area contributed by atoms with Crippen molar-refractivity contribution in [3.63, 3.8) is 0 Å². The van der Waals surface area contributed by atoms with Crippen molar-refractivity contribution in [1.29, 1.82) is 0 Å². The van der Waals surface area contributed by atoms with Crippen LogP contribution in [0.4, 0.5) is 14.9 Å². The molecule has 10 heteroatoms. The van der Waals surface area contributed by atoms with E-state index in [1.54, 1.807) is 42.5 Å². The van der Waals surface area contributed by atoms with Crippen LogP contribution in [0.3, 0.4) is 0 Å². The van der Waals surface area contributed by atoms with Gasteiger partial charge in [0, 0.05) is 5.56 Å². The van der Waals surface area contributed by atoms with Gasteiger partial charge in [-0.25, -0.2) is 9.29 Å². The number of thioether (sulfide) groups is 1. The van der Waals surface area contributed by atoms with Crippen LogP contribution in [0.15, 0.2) is 68.4 Å². The fourth-order valence-electron chi connectivity index (χ4n) is 3.03. The Hall–Kier alpha value is -1.84. The van der Waals surface area contributed by atoms with Crippen molar-refractivity contribution >= 4 is 89.7 Å². The number of nitrogens with zero attached hydrogens (tertiary/aromatic N) is 1. The monoisotopic (exact) mass is 629 g/mol. The third-order valence-electron chi connectivity index (χ3n) is 4.60. The molecule has 0 atom stereocenters. The molecule has 0 unspecified atom stereocenters. The minimum atomic E-state index is -0.462. The molecule has 1 aliphatic heterocycles. The molecular formula is C23H12Br2Cl2FNO3S. The van der Waals surface area contributed by atoms with Crippen LogP contribution in [0.25, 0.3) is 6.08 Å². The van der Waals surface area contributed by atoms with Gasteiger partial charge in [0.1, 0.15) is 18.2 Å². The Labute approximate surface area is 220 Å². The van der Waals surface area contributed by atoms with E-state index in [0.29, 0.717) is 36.5 Å². The van der Waals surface area contributed by atoms with Crippen molar-refractivity contribution in [2.24, 2.45) is 0 Å². The molecule has 3 aromatic carbocycles. The molecule has 168 valence electrons. The van der Waals surface area contributed by atoms with Crippen molar-refractivity contribution in [3.8, 4) is 5.75 Å². The number of carbonyl (C=O) groups excluding carboxylic acids is 2. The Morgan fingerprint density at radius 1 is 1.00 bits per heavy atom. The summed E-state index contributed by atoms with van der Waals surface area (Å²) in [5.41, 5.74) is 1.43. The van der Waals surface area contributed by atoms with Crippen LogP contribution in [-0.2, 0) is 11.4 Å². The Morgan fingerprint density at radius 2 is 1.70 bits per heavy atom. The molecule has 0 radical (unpaired) electrons. The lowest BCUT2D eigenvalue weighted by Gasteiger charge is -2.13. The van der Waals surface area contributed by atoms with Gasteiger partial charge in [0.25, 0.3) is 11.1 Å². The van der Waals surface area contributed by atoms with Gasteiger partial charge in [-0.15, -0.1) is 0 Å². The summed E-state index contributed by atoms with van der Waals surface area (Å²) in [5, 5.41) is 0.138. The van der Waals surface area contributed by atoms with E-state index in [0.717, 1.165) is 16.7 Å². The highest BCUT2D eigenvalue weighted by molar-refractivity contribution is 9.11. The highest BCUT2D eigenvalue weighted by Gasteiger charge is 2.36. The highest BCUT2D eigenvalue weighted by atomic mass is 79.9. The molecule has 1 saturated heterocycles. The number of rotatable bonds is 5. The highest BCUT2D eigenvalue weighted by Crippen LogP contribution is 2.40. The van der Waals surface area contributed by atoms with Crippen LogP contribution >= 0.6 is 66.8 Å².